The molecule has 0 fully saturated rings. The molecule has 3 aromatic rings. The zero-order chi connectivity index (χ0) is 17.2. The van der Waals surface area contributed by atoms with Gasteiger partial charge in [0.05, 0.1) is 0 Å². The molecule has 0 radical (unpaired) electrons. The molecule has 0 spiro atoms. The number of hydrogen-bond donors (Lipinski definition) is 0. The summed E-state index contributed by atoms with van der Waals surface area (Å²) in [5, 5.41) is 2.98. The normalized spacial score (nSPS) is 13.1. The van der Waals surface area contributed by atoms with Crippen LogP contribution in [0.25, 0.3) is 11.0 Å². The summed E-state index contributed by atoms with van der Waals surface area (Å²) in [4.78, 5) is 25.3. The Bertz CT molecular complexity index is 969. The highest BCUT2D eigenvalue weighted by atomic mass is 32.1. The van der Waals surface area contributed by atoms with Crippen molar-refractivity contribution in [2.75, 3.05) is 0 Å². The molecule has 2 aromatic heterocycles. The van der Waals surface area contributed by atoms with E-state index in [0.29, 0.717) is 17.8 Å². The van der Waals surface area contributed by atoms with Crippen LogP contribution in [0.3, 0.4) is 0 Å². The lowest BCUT2D eigenvalue weighted by Gasteiger charge is -2.07. The first-order valence-corrected chi connectivity index (χ1v) is 9.40. The van der Waals surface area contributed by atoms with Crippen LogP contribution in [0.2, 0.25) is 0 Å². The molecule has 128 valence electrons. The van der Waals surface area contributed by atoms with E-state index >= 15 is 0 Å². The summed E-state index contributed by atoms with van der Waals surface area (Å²) in [6.45, 7) is 0. The molecule has 1 aromatic carbocycles. The lowest BCUT2D eigenvalue weighted by molar-refractivity contribution is -0.134. The third kappa shape index (κ3) is 3.37. The number of benzene rings is 1. The Morgan fingerprint density at radius 1 is 1.20 bits per heavy atom. The van der Waals surface area contributed by atoms with Crippen molar-refractivity contribution in [2.24, 2.45) is 0 Å². The zero-order valence-corrected chi connectivity index (χ0v) is 14.6. The third-order valence-electron chi connectivity index (χ3n) is 4.56. The number of carbonyl (C=O) groups excluding carboxylic acids is 1. The predicted molar refractivity (Wildman–Crippen MR) is 97.4 cm³/mol. The van der Waals surface area contributed by atoms with Gasteiger partial charge in [-0.15, -0.1) is 11.3 Å². The van der Waals surface area contributed by atoms with Crippen LogP contribution in [0, 0.1) is 0 Å². The number of thiophene rings is 1. The first kappa shape index (κ1) is 16.1. The summed E-state index contributed by atoms with van der Waals surface area (Å²) in [6.07, 6.45) is 4.68. The summed E-state index contributed by atoms with van der Waals surface area (Å²) in [7, 11) is 0. The van der Waals surface area contributed by atoms with E-state index < -0.39 is 0 Å². The molecule has 0 saturated heterocycles. The molecule has 0 aliphatic heterocycles. The third-order valence-corrected chi connectivity index (χ3v) is 5.50. The van der Waals surface area contributed by atoms with Crippen LogP contribution in [-0.4, -0.2) is 5.97 Å². The monoisotopic (exact) mass is 354 g/mol. The maximum atomic E-state index is 12.0. The van der Waals surface area contributed by atoms with Gasteiger partial charge in [-0.1, -0.05) is 6.07 Å². The van der Waals surface area contributed by atoms with E-state index in [1.807, 2.05) is 17.5 Å². The molecule has 0 saturated carbocycles. The molecule has 1 aliphatic rings. The maximum Gasteiger partial charge on any atom is 0.339 e. The largest absolute Gasteiger partial charge is 0.426 e. The van der Waals surface area contributed by atoms with Gasteiger partial charge in [0.25, 0.3) is 0 Å². The Morgan fingerprint density at radius 3 is 2.92 bits per heavy atom. The highest BCUT2D eigenvalue weighted by molar-refractivity contribution is 7.09. The molecule has 0 atom stereocenters. The second kappa shape index (κ2) is 6.84. The van der Waals surface area contributed by atoms with Gasteiger partial charge < -0.3 is 9.15 Å². The standard InChI is InChI=1S/C20H18O4S/c21-19(8-1-4-14-5-3-11-25-14)23-13-9-10-16-15-6-2-7-17(15)20(22)24-18(16)12-13/h3,5,9-12H,1-2,4,6-8H2. The van der Waals surface area contributed by atoms with E-state index in [1.165, 1.54) is 4.88 Å². The van der Waals surface area contributed by atoms with Crippen LogP contribution in [0.4, 0.5) is 0 Å². The van der Waals surface area contributed by atoms with Crippen LogP contribution >= 0.6 is 11.3 Å². The highest BCUT2D eigenvalue weighted by Gasteiger charge is 2.19. The fourth-order valence-electron chi connectivity index (χ4n) is 3.37. The smallest absolute Gasteiger partial charge is 0.339 e. The van der Waals surface area contributed by atoms with E-state index in [0.717, 1.165) is 48.6 Å². The maximum absolute atomic E-state index is 12.0. The van der Waals surface area contributed by atoms with Crippen molar-refractivity contribution in [2.45, 2.75) is 38.5 Å². The Morgan fingerprint density at radius 2 is 2.08 bits per heavy atom. The minimum Gasteiger partial charge on any atom is -0.426 e. The number of fused-ring (bicyclic) bond motifs is 3. The van der Waals surface area contributed by atoms with Gasteiger partial charge >= 0.3 is 11.6 Å². The average molecular weight is 354 g/mol. The van der Waals surface area contributed by atoms with Gasteiger partial charge in [0.15, 0.2) is 0 Å². The minimum atomic E-state index is -0.264. The molecule has 1 aliphatic carbocycles. The molecule has 0 amide bonds. The minimum absolute atomic E-state index is 0.264. The first-order chi connectivity index (χ1) is 12.2. The second-order valence-corrected chi connectivity index (χ2v) is 7.30. The first-order valence-electron chi connectivity index (χ1n) is 8.52. The average Bonchev–Trinajstić information content (AvgIpc) is 3.26. The van der Waals surface area contributed by atoms with E-state index in [1.54, 1.807) is 23.5 Å². The van der Waals surface area contributed by atoms with Gasteiger partial charge in [-0.3, -0.25) is 4.79 Å². The Kier molecular flexibility index (Phi) is 4.40. The predicted octanol–water partition coefficient (Wildman–Crippen LogP) is 4.27. The summed E-state index contributed by atoms with van der Waals surface area (Å²) in [6, 6.07) is 9.39. The van der Waals surface area contributed by atoms with Crippen molar-refractivity contribution in [1.82, 2.24) is 0 Å². The SMILES string of the molecule is O=C(CCCc1cccs1)Oc1ccc2c3c(c(=O)oc2c1)CCC3. The van der Waals surface area contributed by atoms with Crippen molar-refractivity contribution < 1.29 is 13.9 Å². The fourth-order valence-corrected chi connectivity index (χ4v) is 4.12. The topological polar surface area (TPSA) is 56.5 Å². The van der Waals surface area contributed by atoms with E-state index in [4.69, 9.17) is 9.15 Å². The molecular weight excluding hydrogens is 336 g/mol. The van der Waals surface area contributed by atoms with Gasteiger partial charge in [0, 0.05) is 28.3 Å². The molecule has 0 unspecified atom stereocenters. The Hall–Kier alpha value is -2.40. The lowest BCUT2D eigenvalue weighted by atomic mass is 10.1. The number of esters is 1. The van der Waals surface area contributed by atoms with Gasteiger partial charge in [-0.2, -0.15) is 0 Å². The summed E-state index contributed by atoms with van der Waals surface area (Å²) >= 11 is 1.70. The number of aryl methyl sites for hydroxylation is 2. The Labute approximate surface area is 149 Å². The molecule has 0 N–H and O–H groups in total. The van der Waals surface area contributed by atoms with Crippen molar-refractivity contribution in [3.05, 3.63) is 62.1 Å². The van der Waals surface area contributed by atoms with Gasteiger partial charge in [-0.05, 0) is 61.2 Å². The molecule has 5 heteroatoms. The van der Waals surface area contributed by atoms with Crippen LogP contribution in [0.5, 0.6) is 5.75 Å². The van der Waals surface area contributed by atoms with Gasteiger partial charge in [0.2, 0.25) is 0 Å². The van der Waals surface area contributed by atoms with Crippen LogP contribution in [0.15, 0.2) is 44.9 Å². The van der Waals surface area contributed by atoms with E-state index in [9.17, 15) is 9.59 Å². The number of hydrogen-bond acceptors (Lipinski definition) is 5. The summed E-state index contributed by atoms with van der Waals surface area (Å²) in [5.74, 6) is 0.161. The quantitative estimate of drug-likeness (QED) is 0.390. The Balaban J connectivity index is 1.45. The number of rotatable bonds is 5. The number of ether oxygens (including phenoxy) is 1. The van der Waals surface area contributed by atoms with Crippen molar-refractivity contribution in [1.29, 1.82) is 0 Å². The van der Waals surface area contributed by atoms with Gasteiger partial charge in [0.1, 0.15) is 11.3 Å². The van der Waals surface area contributed by atoms with Crippen LogP contribution in [0.1, 0.15) is 35.3 Å². The molecule has 0 bridgehead atoms. The van der Waals surface area contributed by atoms with Gasteiger partial charge in [-0.25, -0.2) is 4.79 Å². The van der Waals surface area contributed by atoms with Crippen LogP contribution < -0.4 is 10.4 Å². The van der Waals surface area contributed by atoms with Crippen molar-refractivity contribution in [3.8, 4) is 5.75 Å². The van der Waals surface area contributed by atoms with Crippen LogP contribution in [-0.2, 0) is 24.1 Å². The molecule has 4 rings (SSSR count). The van der Waals surface area contributed by atoms with Crippen molar-refractivity contribution in [3.63, 3.8) is 0 Å². The van der Waals surface area contributed by atoms with Crippen molar-refractivity contribution >= 4 is 28.3 Å². The molecule has 4 nitrogen and oxygen atoms in total. The van der Waals surface area contributed by atoms with E-state index in [-0.39, 0.29) is 11.6 Å². The summed E-state index contributed by atoms with van der Waals surface area (Å²) < 4.78 is 10.8. The highest BCUT2D eigenvalue weighted by Crippen LogP contribution is 2.29. The zero-order valence-electron chi connectivity index (χ0n) is 13.7. The molecule has 2 heterocycles. The molecule has 25 heavy (non-hydrogen) atoms. The number of carbonyl (C=O) groups is 1. The summed E-state index contributed by atoms with van der Waals surface area (Å²) in [5.41, 5.74) is 2.11. The second-order valence-electron chi connectivity index (χ2n) is 6.27. The molecular formula is C20H18O4S. The lowest BCUT2D eigenvalue weighted by Crippen LogP contribution is -2.09. The fraction of sp³-hybridized carbons (Fsp3) is 0.300. The van der Waals surface area contributed by atoms with E-state index in [2.05, 4.69) is 6.07 Å².